The number of benzene rings is 5. The van der Waals surface area contributed by atoms with E-state index in [4.69, 9.17) is 32.8 Å². The van der Waals surface area contributed by atoms with Crippen molar-refractivity contribution in [1.82, 2.24) is 0 Å². The van der Waals surface area contributed by atoms with Crippen LogP contribution >= 0.6 is 0 Å². The van der Waals surface area contributed by atoms with Gasteiger partial charge in [0, 0.05) is 0 Å². The van der Waals surface area contributed by atoms with Crippen LogP contribution in [0.25, 0.3) is 0 Å². The number of hydrogen-bond donors (Lipinski definition) is 0. The van der Waals surface area contributed by atoms with Crippen LogP contribution in [0.5, 0.6) is 11.5 Å². The molecule has 0 aliphatic carbocycles. The molecule has 9 nitrogen and oxygen atoms in total. The van der Waals surface area contributed by atoms with E-state index in [9.17, 15) is 9.59 Å². The van der Waals surface area contributed by atoms with Crippen molar-refractivity contribution >= 4 is 49.9 Å². The van der Waals surface area contributed by atoms with E-state index in [1.165, 1.54) is 10.4 Å². The Bertz CT molecular complexity index is 2380. The van der Waals surface area contributed by atoms with Crippen molar-refractivity contribution < 1.29 is 42.4 Å². The summed E-state index contributed by atoms with van der Waals surface area (Å²) in [4.78, 5) is 27.5. The number of carbonyl (C=O) groups excluding carboxylic acids is 2. The average Bonchev–Trinajstić information content (AvgIpc) is 3.65. The van der Waals surface area contributed by atoms with E-state index in [1.807, 2.05) is 74.5 Å². The molecule has 0 amide bonds. The Hall–Kier alpha value is -5.10. The molecule has 1 fully saturated rings. The number of rotatable bonds is 23. The van der Waals surface area contributed by atoms with Crippen LogP contribution in [0.4, 0.5) is 0 Å². The zero-order chi connectivity index (χ0) is 48.9. The summed E-state index contributed by atoms with van der Waals surface area (Å²) in [6.07, 6.45) is 4.63. The van der Waals surface area contributed by atoms with Crippen LogP contribution in [0.1, 0.15) is 99.3 Å². The minimum absolute atomic E-state index is 0.0390. The van der Waals surface area contributed by atoms with Crippen LogP contribution in [0.3, 0.4) is 0 Å². The van der Waals surface area contributed by atoms with Crippen molar-refractivity contribution in [3.8, 4) is 11.5 Å². The molecule has 11 heteroatoms. The summed E-state index contributed by atoms with van der Waals surface area (Å²) in [5.74, 6) is -0.732. The Morgan fingerprint density at radius 1 is 0.824 bits per heavy atom. The molecule has 0 saturated carbocycles. The van der Waals surface area contributed by atoms with Crippen LogP contribution in [-0.2, 0) is 23.4 Å². The normalized spacial score (nSPS) is 17.8. The molecule has 0 bridgehead atoms. The number of carbonyl (C=O) groups is 2. The first kappa shape index (κ1) is 52.3. The molecule has 1 aliphatic rings. The first-order valence-corrected chi connectivity index (χ1v) is 27.2. The standard InChI is InChI=1S/C57H68O9SeSi/c1-11-36-61-44-37-48(53(41(3)58)51(38-44)62-39-60-10)52(67-45-26-18-13-19-27-45)35-34-50-54(65-57(8,9)64-50)49(63-55(59)43-24-16-12-17-25-43)33-32-40(2)42(4)66-68(56(5,6)7,46-28-20-14-21-29-46)47-30-22-15-23-31-47/h11-33,37-38,40,42,49-50,52,54H,1,34-36,39H2,2-10H3/b33-32-/t40-,42+,49?,50+,52?,54?/m1/s1. The van der Waals surface area contributed by atoms with Crippen molar-refractivity contribution in [2.45, 2.75) is 108 Å². The van der Waals surface area contributed by atoms with Gasteiger partial charge in [-0.05, 0) is 15.4 Å². The molecule has 1 aliphatic heterocycles. The number of Topliss-reactive ketones (excluding diaryl/α,β-unsaturated/α-hetero) is 1. The van der Waals surface area contributed by atoms with E-state index in [0.29, 0.717) is 35.5 Å². The molecule has 3 unspecified atom stereocenters. The second kappa shape index (κ2) is 24.0. The summed E-state index contributed by atoms with van der Waals surface area (Å²) < 4.78 is 46.0. The van der Waals surface area contributed by atoms with E-state index < -0.39 is 38.4 Å². The van der Waals surface area contributed by atoms with E-state index in [1.54, 1.807) is 38.3 Å². The van der Waals surface area contributed by atoms with Gasteiger partial charge in [0.2, 0.25) is 0 Å². The van der Waals surface area contributed by atoms with Gasteiger partial charge >= 0.3 is 317 Å². The zero-order valence-corrected chi connectivity index (χ0v) is 43.7. The predicted octanol–water partition coefficient (Wildman–Crippen LogP) is 10.2. The maximum absolute atomic E-state index is 14.0. The van der Waals surface area contributed by atoms with E-state index in [-0.39, 0.29) is 56.0 Å². The number of ketones is 1. The Morgan fingerprint density at radius 3 is 1.97 bits per heavy atom. The molecule has 1 saturated heterocycles. The first-order valence-electron chi connectivity index (χ1n) is 23.4. The Labute approximate surface area is 411 Å². The van der Waals surface area contributed by atoms with Gasteiger partial charge in [-0.2, -0.15) is 0 Å². The van der Waals surface area contributed by atoms with Crippen molar-refractivity contribution in [3.05, 3.63) is 175 Å². The van der Waals surface area contributed by atoms with Crippen LogP contribution in [0, 0.1) is 5.92 Å². The van der Waals surface area contributed by atoms with E-state index in [0.717, 1.165) is 10.0 Å². The predicted molar refractivity (Wildman–Crippen MR) is 274 cm³/mol. The summed E-state index contributed by atoms with van der Waals surface area (Å²) in [7, 11) is -1.33. The molecule has 0 spiro atoms. The van der Waals surface area contributed by atoms with Crippen LogP contribution < -0.4 is 24.3 Å². The molecule has 5 aromatic rings. The Morgan fingerprint density at radius 2 is 1.41 bits per heavy atom. The van der Waals surface area contributed by atoms with Gasteiger partial charge in [0.1, 0.15) is 0 Å². The monoisotopic (exact) mass is 1000 g/mol. The fraction of sp³-hybridized carbons (Fsp3) is 0.368. The molecule has 68 heavy (non-hydrogen) atoms. The van der Waals surface area contributed by atoms with Gasteiger partial charge in [0.05, 0.1) is 0 Å². The Balaban J connectivity index is 1.36. The molecule has 6 rings (SSSR count). The third-order valence-corrected chi connectivity index (χ3v) is 20.1. The molecule has 1 heterocycles. The third-order valence-electron chi connectivity index (χ3n) is 12.2. The van der Waals surface area contributed by atoms with Gasteiger partial charge in [-0.3, -0.25) is 0 Å². The molecular weight excluding hydrogens is 936 g/mol. The van der Waals surface area contributed by atoms with Crippen molar-refractivity contribution in [2.24, 2.45) is 5.92 Å². The molecule has 5 aromatic carbocycles. The summed E-state index contributed by atoms with van der Waals surface area (Å²) in [6.45, 7) is 20.5. The van der Waals surface area contributed by atoms with Crippen molar-refractivity contribution in [2.75, 3.05) is 20.5 Å². The van der Waals surface area contributed by atoms with Gasteiger partial charge in [-0.15, -0.1) is 0 Å². The SMILES string of the molecule is C=CCOc1cc(OCOC)c(C(C)=O)c(C(CC[C@@H]2OC(C)(C)OC2C(/C=C\[C@@H](C)[C@H](C)O[Si](c2ccccc2)(c2ccccc2)C(C)(C)C)OC(=O)c2ccccc2)[Se]c2ccccc2)c1. The second-order valence-corrected chi connectivity index (χ2v) is 25.6. The summed E-state index contributed by atoms with van der Waals surface area (Å²) in [5.41, 5.74) is 1.74. The number of esters is 1. The first-order chi connectivity index (χ1) is 32.6. The average molecular weight is 1000 g/mol. The van der Waals surface area contributed by atoms with Gasteiger partial charge in [0.25, 0.3) is 0 Å². The minimum atomic E-state index is -2.88. The van der Waals surface area contributed by atoms with Crippen LogP contribution in [0.2, 0.25) is 5.04 Å². The van der Waals surface area contributed by atoms with Gasteiger partial charge in [-0.1, -0.05) is 81.4 Å². The molecule has 0 N–H and O–H groups in total. The molecular formula is C57H68O9SeSi. The topological polar surface area (TPSA) is 98.8 Å². The second-order valence-electron chi connectivity index (χ2n) is 18.7. The van der Waals surface area contributed by atoms with Gasteiger partial charge < -0.3 is 0 Å². The zero-order valence-electron chi connectivity index (χ0n) is 41.0. The maximum atomic E-state index is 14.0. The summed E-state index contributed by atoms with van der Waals surface area (Å²) >= 11 is -0.152. The van der Waals surface area contributed by atoms with Gasteiger partial charge in [0.15, 0.2) is 0 Å². The molecule has 6 atom stereocenters. The molecule has 0 radical (unpaired) electrons. The third kappa shape index (κ3) is 13.1. The van der Waals surface area contributed by atoms with Gasteiger partial charge in [-0.25, -0.2) is 0 Å². The molecule has 360 valence electrons. The van der Waals surface area contributed by atoms with Crippen molar-refractivity contribution in [1.29, 1.82) is 0 Å². The number of hydrogen-bond acceptors (Lipinski definition) is 9. The fourth-order valence-corrected chi connectivity index (χ4v) is 16.2. The quantitative estimate of drug-likeness (QED) is 0.0208. The van der Waals surface area contributed by atoms with Crippen molar-refractivity contribution in [3.63, 3.8) is 0 Å². The van der Waals surface area contributed by atoms with Crippen LogP contribution in [0.15, 0.2) is 158 Å². The fourth-order valence-electron chi connectivity index (χ4n) is 8.84. The Kier molecular flexibility index (Phi) is 18.4. The number of methoxy groups -OCH3 is 1. The van der Waals surface area contributed by atoms with Crippen LogP contribution in [-0.4, -0.2) is 85.7 Å². The molecule has 0 aromatic heterocycles. The number of ether oxygens (including phenoxy) is 6. The van der Waals surface area contributed by atoms with E-state index in [2.05, 4.69) is 108 Å². The summed E-state index contributed by atoms with van der Waals surface area (Å²) in [5, 5.41) is 2.20. The van der Waals surface area contributed by atoms with E-state index >= 15 is 0 Å². The summed E-state index contributed by atoms with van der Waals surface area (Å²) in [6, 6.07) is 44.2.